The van der Waals surface area contributed by atoms with Gasteiger partial charge in [0.15, 0.2) is 0 Å². The second kappa shape index (κ2) is 7.91. The Hall–Kier alpha value is -2.80. The Morgan fingerprint density at radius 3 is 2.72 bits per heavy atom. The fourth-order valence-electron chi connectivity index (χ4n) is 4.36. The van der Waals surface area contributed by atoms with Crippen molar-refractivity contribution in [3.63, 3.8) is 0 Å². The molecule has 1 aromatic carbocycles. The van der Waals surface area contributed by atoms with Crippen LogP contribution < -0.4 is 15.4 Å². The van der Waals surface area contributed by atoms with E-state index >= 15 is 0 Å². The minimum absolute atomic E-state index is 0.277. The van der Waals surface area contributed by atoms with Crippen molar-refractivity contribution in [3.05, 3.63) is 41.8 Å². The largest absolute Gasteiger partial charge is 0.494 e. The standard InChI is InChI=1S/C22H28N4O3/c1-14-7-17(22(23)28)11-25(10-14)20-8-16-12-26(24-19(16)9-21(20)29-2)18-5-3-15(13-27)4-6-18/h7-10,12,15,18,27H,3-6,11,13H2,1-2H3,(H2,23,28). The van der Waals surface area contributed by atoms with E-state index in [-0.39, 0.29) is 6.61 Å². The number of fused-ring (bicyclic) bond motifs is 1. The predicted octanol–water partition coefficient (Wildman–Crippen LogP) is 2.90. The number of benzene rings is 1. The number of hydrogen-bond donors (Lipinski definition) is 2. The number of carbonyl (C=O) groups is 1. The zero-order chi connectivity index (χ0) is 20.5. The summed E-state index contributed by atoms with van der Waals surface area (Å²) in [5.74, 6) is 0.722. The molecular weight excluding hydrogens is 368 g/mol. The lowest BCUT2D eigenvalue weighted by molar-refractivity contribution is -0.114. The second-order valence-electron chi connectivity index (χ2n) is 8.08. The molecule has 1 aromatic heterocycles. The van der Waals surface area contributed by atoms with Gasteiger partial charge in [0.2, 0.25) is 5.91 Å². The molecule has 2 heterocycles. The van der Waals surface area contributed by atoms with Crippen LogP contribution in [0, 0.1) is 5.92 Å². The van der Waals surface area contributed by atoms with Crippen molar-refractivity contribution in [2.45, 2.75) is 38.6 Å². The molecule has 7 heteroatoms. The first-order valence-corrected chi connectivity index (χ1v) is 10.1. The molecule has 2 aliphatic rings. The Morgan fingerprint density at radius 1 is 1.31 bits per heavy atom. The fraction of sp³-hybridized carbons (Fsp3) is 0.455. The van der Waals surface area contributed by atoms with E-state index < -0.39 is 5.91 Å². The molecule has 0 atom stereocenters. The Kier molecular flexibility index (Phi) is 5.32. The van der Waals surface area contributed by atoms with E-state index in [4.69, 9.17) is 15.6 Å². The highest BCUT2D eigenvalue weighted by molar-refractivity contribution is 5.95. The molecule has 7 nitrogen and oxygen atoms in total. The fourth-order valence-corrected chi connectivity index (χ4v) is 4.36. The Labute approximate surface area is 170 Å². The molecule has 1 amide bonds. The summed E-state index contributed by atoms with van der Waals surface area (Å²) in [4.78, 5) is 13.7. The first-order chi connectivity index (χ1) is 14.0. The second-order valence-corrected chi connectivity index (χ2v) is 8.08. The number of nitrogens with two attached hydrogens (primary N) is 1. The first kappa shape index (κ1) is 19.5. The minimum Gasteiger partial charge on any atom is -0.494 e. The lowest BCUT2D eigenvalue weighted by Crippen LogP contribution is -2.29. The molecule has 0 spiro atoms. The molecule has 4 rings (SSSR count). The number of aromatic nitrogens is 2. The van der Waals surface area contributed by atoms with Gasteiger partial charge in [0, 0.05) is 36.0 Å². The topological polar surface area (TPSA) is 93.6 Å². The summed E-state index contributed by atoms with van der Waals surface area (Å²) in [6.45, 7) is 2.63. The zero-order valence-electron chi connectivity index (χ0n) is 17.0. The third kappa shape index (κ3) is 3.87. The van der Waals surface area contributed by atoms with Crippen molar-refractivity contribution >= 4 is 22.5 Å². The summed E-state index contributed by atoms with van der Waals surface area (Å²) < 4.78 is 7.70. The summed E-state index contributed by atoms with van der Waals surface area (Å²) in [5.41, 5.74) is 8.82. The van der Waals surface area contributed by atoms with Crippen LogP contribution in [0.3, 0.4) is 0 Å². The van der Waals surface area contributed by atoms with E-state index in [1.54, 1.807) is 7.11 Å². The molecule has 0 saturated heterocycles. The van der Waals surface area contributed by atoms with Crippen LogP contribution in [0.4, 0.5) is 5.69 Å². The average molecular weight is 396 g/mol. The van der Waals surface area contributed by atoms with Crippen LogP contribution in [0.15, 0.2) is 41.8 Å². The van der Waals surface area contributed by atoms with Gasteiger partial charge in [-0.25, -0.2) is 0 Å². The highest BCUT2D eigenvalue weighted by atomic mass is 16.5. The van der Waals surface area contributed by atoms with Crippen LogP contribution in [-0.2, 0) is 4.79 Å². The Morgan fingerprint density at radius 2 is 2.07 bits per heavy atom. The molecule has 3 N–H and O–H groups in total. The van der Waals surface area contributed by atoms with Crippen LogP contribution in [-0.4, -0.2) is 41.1 Å². The monoisotopic (exact) mass is 396 g/mol. The molecule has 154 valence electrons. The van der Waals surface area contributed by atoms with E-state index in [1.807, 2.05) is 30.2 Å². The number of nitrogens with zero attached hydrogens (tertiary/aromatic N) is 3. The lowest BCUT2D eigenvalue weighted by Gasteiger charge is -2.27. The Bertz CT molecular complexity index is 983. The van der Waals surface area contributed by atoms with Crippen molar-refractivity contribution in [2.75, 3.05) is 25.2 Å². The summed E-state index contributed by atoms with van der Waals surface area (Å²) in [6, 6.07) is 4.37. The Balaban J connectivity index is 1.66. The molecule has 1 fully saturated rings. The molecule has 0 radical (unpaired) electrons. The molecule has 1 saturated carbocycles. The van der Waals surface area contributed by atoms with E-state index in [9.17, 15) is 9.90 Å². The SMILES string of the molecule is COc1cc2nn(C3CCC(CO)CC3)cc2cc1N1C=C(C)C=C(C(N)=O)C1. The number of aliphatic hydroxyl groups excluding tert-OH is 1. The van der Waals surface area contributed by atoms with Gasteiger partial charge >= 0.3 is 0 Å². The molecule has 2 aromatic rings. The number of carbonyl (C=O) groups excluding carboxylic acids is 1. The van der Waals surface area contributed by atoms with Gasteiger partial charge in [-0.15, -0.1) is 0 Å². The van der Waals surface area contributed by atoms with E-state index in [0.717, 1.165) is 47.8 Å². The van der Waals surface area contributed by atoms with Crippen LogP contribution in [0.1, 0.15) is 38.6 Å². The summed E-state index contributed by atoms with van der Waals surface area (Å²) in [6.07, 6.45) is 10.0. The summed E-state index contributed by atoms with van der Waals surface area (Å²) >= 11 is 0. The van der Waals surface area contributed by atoms with Gasteiger partial charge in [0.25, 0.3) is 0 Å². The third-order valence-corrected chi connectivity index (χ3v) is 6.00. The summed E-state index contributed by atoms with van der Waals surface area (Å²) in [7, 11) is 1.64. The van der Waals surface area contributed by atoms with Gasteiger partial charge in [-0.2, -0.15) is 5.10 Å². The number of ether oxygens (including phenoxy) is 1. The number of anilines is 1. The maximum atomic E-state index is 11.7. The number of hydrogen-bond acceptors (Lipinski definition) is 5. The normalized spacial score (nSPS) is 22.4. The maximum Gasteiger partial charge on any atom is 0.246 e. The van der Waals surface area contributed by atoms with E-state index in [0.29, 0.717) is 29.8 Å². The number of amides is 1. The minimum atomic E-state index is -0.409. The van der Waals surface area contributed by atoms with Crippen LogP contribution in [0.5, 0.6) is 5.75 Å². The van der Waals surface area contributed by atoms with Crippen molar-refractivity contribution in [3.8, 4) is 5.75 Å². The molecule has 29 heavy (non-hydrogen) atoms. The number of primary amides is 1. The zero-order valence-corrected chi connectivity index (χ0v) is 17.0. The van der Waals surface area contributed by atoms with Crippen molar-refractivity contribution in [2.24, 2.45) is 11.7 Å². The predicted molar refractivity (Wildman–Crippen MR) is 113 cm³/mol. The number of rotatable bonds is 5. The quantitative estimate of drug-likeness (QED) is 0.811. The van der Waals surface area contributed by atoms with Crippen molar-refractivity contribution in [1.29, 1.82) is 0 Å². The molecule has 1 aliphatic heterocycles. The summed E-state index contributed by atoms with van der Waals surface area (Å²) in [5, 5.41) is 15.2. The van der Waals surface area contributed by atoms with Gasteiger partial charge in [-0.3, -0.25) is 9.48 Å². The van der Waals surface area contributed by atoms with Gasteiger partial charge in [0.1, 0.15) is 5.75 Å². The van der Waals surface area contributed by atoms with Crippen molar-refractivity contribution in [1.82, 2.24) is 9.78 Å². The van der Waals surface area contributed by atoms with Crippen LogP contribution in [0.25, 0.3) is 10.9 Å². The first-order valence-electron chi connectivity index (χ1n) is 10.1. The molecular formula is C22H28N4O3. The lowest BCUT2D eigenvalue weighted by atomic mass is 9.87. The highest BCUT2D eigenvalue weighted by Crippen LogP contribution is 2.37. The smallest absolute Gasteiger partial charge is 0.246 e. The molecule has 1 aliphatic carbocycles. The van der Waals surface area contributed by atoms with Crippen molar-refractivity contribution < 1.29 is 14.6 Å². The third-order valence-electron chi connectivity index (χ3n) is 6.00. The maximum absolute atomic E-state index is 11.7. The van der Waals surface area contributed by atoms with Crippen LogP contribution in [0.2, 0.25) is 0 Å². The van der Waals surface area contributed by atoms with Crippen LogP contribution >= 0.6 is 0 Å². The number of allylic oxidation sites excluding steroid dienone is 2. The van der Waals surface area contributed by atoms with Gasteiger partial charge in [0.05, 0.1) is 30.9 Å². The van der Waals surface area contributed by atoms with E-state index in [2.05, 4.69) is 16.9 Å². The average Bonchev–Trinajstić information content (AvgIpc) is 3.15. The molecule has 0 unspecified atom stereocenters. The number of methoxy groups -OCH3 is 1. The van der Waals surface area contributed by atoms with Gasteiger partial charge in [-0.05, 0) is 56.2 Å². The van der Waals surface area contributed by atoms with Gasteiger partial charge in [-0.1, -0.05) is 0 Å². The number of aliphatic hydroxyl groups is 1. The molecule has 0 bridgehead atoms. The van der Waals surface area contributed by atoms with Gasteiger partial charge < -0.3 is 20.5 Å². The highest BCUT2D eigenvalue weighted by Gasteiger charge is 2.24. The van der Waals surface area contributed by atoms with E-state index in [1.165, 1.54) is 0 Å².